The van der Waals surface area contributed by atoms with E-state index in [-0.39, 0.29) is 11.5 Å². The Bertz CT molecular complexity index is 755. The average Bonchev–Trinajstić information content (AvgIpc) is 2.90. The van der Waals surface area contributed by atoms with Crippen LogP contribution in [0.4, 0.5) is 4.79 Å². The normalized spacial score (nSPS) is 17.3. The first kappa shape index (κ1) is 17.8. The summed E-state index contributed by atoms with van der Waals surface area (Å²) in [5.74, 6) is 0.914. The topological polar surface area (TPSA) is 49.8 Å². The van der Waals surface area contributed by atoms with Gasteiger partial charge in [-0.25, -0.2) is 4.79 Å². The highest BCUT2D eigenvalue weighted by Crippen LogP contribution is 2.46. The second kappa shape index (κ2) is 7.10. The zero-order chi connectivity index (χ0) is 18.0. The summed E-state index contributed by atoms with van der Waals surface area (Å²) in [5, 5.41) is 10.6. The van der Waals surface area contributed by atoms with E-state index in [2.05, 4.69) is 51.1 Å². The Labute approximate surface area is 152 Å². The third kappa shape index (κ3) is 4.17. The number of carbonyl (C=O) groups is 1. The third-order valence-electron chi connectivity index (χ3n) is 4.29. The summed E-state index contributed by atoms with van der Waals surface area (Å²) < 4.78 is 0. The number of hydrogen-bond donors (Lipinski definition) is 1. The standard InChI is InChI=1S/C20H23NO3S/c1-20(2,3)18-17-10-9-16(25-13-14-7-5-4-6-8-14)11-15(17)12-21(18)24-19(22)23/h4-11,18H,12-13H2,1-3H3,(H,22,23). The maximum Gasteiger partial charge on any atom is 0.525 e. The molecule has 1 N–H and O–H groups in total. The fourth-order valence-electron chi connectivity index (χ4n) is 3.31. The van der Waals surface area contributed by atoms with Crippen molar-refractivity contribution < 1.29 is 14.7 Å². The van der Waals surface area contributed by atoms with E-state index in [9.17, 15) is 4.79 Å². The van der Waals surface area contributed by atoms with Crippen LogP contribution in [0.5, 0.6) is 0 Å². The van der Waals surface area contributed by atoms with Crippen LogP contribution in [0, 0.1) is 5.41 Å². The molecule has 3 rings (SSSR count). The molecule has 2 aromatic rings. The largest absolute Gasteiger partial charge is 0.525 e. The van der Waals surface area contributed by atoms with Gasteiger partial charge in [0, 0.05) is 10.6 Å². The molecular weight excluding hydrogens is 334 g/mol. The van der Waals surface area contributed by atoms with Crippen molar-refractivity contribution >= 4 is 17.9 Å². The first-order valence-electron chi connectivity index (χ1n) is 8.31. The van der Waals surface area contributed by atoms with Gasteiger partial charge in [0.05, 0.1) is 12.6 Å². The molecule has 25 heavy (non-hydrogen) atoms. The lowest BCUT2D eigenvalue weighted by atomic mass is 9.83. The van der Waals surface area contributed by atoms with Crippen LogP contribution in [0.25, 0.3) is 0 Å². The zero-order valence-corrected chi connectivity index (χ0v) is 15.5. The molecule has 1 heterocycles. The molecule has 1 unspecified atom stereocenters. The van der Waals surface area contributed by atoms with Crippen molar-refractivity contribution in [3.05, 3.63) is 65.2 Å². The Hall–Kier alpha value is -1.98. The SMILES string of the molecule is CC(C)(C)C1c2ccc(SCc3ccccc3)cc2CN1OC(=O)O. The molecule has 0 bridgehead atoms. The van der Waals surface area contributed by atoms with Gasteiger partial charge in [0.1, 0.15) is 0 Å². The van der Waals surface area contributed by atoms with Gasteiger partial charge in [0.25, 0.3) is 0 Å². The smallest absolute Gasteiger partial charge is 0.448 e. The van der Waals surface area contributed by atoms with Crippen LogP contribution >= 0.6 is 11.8 Å². The molecule has 0 aliphatic carbocycles. The van der Waals surface area contributed by atoms with Crippen LogP contribution in [-0.2, 0) is 17.1 Å². The van der Waals surface area contributed by atoms with E-state index < -0.39 is 6.16 Å². The quantitative estimate of drug-likeness (QED) is 0.733. The number of hydrogen-bond acceptors (Lipinski definition) is 4. The Balaban J connectivity index is 1.80. The number of benzene rings is 2. The Kier molecular flexibility index (Phi) is 5.06. The predicted molar refractivity (Wildman–Crippen MR) is 99.3 cm³/mol. The molecule has 0 fully saturated rings. The van der Waals surface area contributed by atoms with E-state index in [1.807, 2.05) is 18.2 Å². The van der Waals surface area contributed by atoms with Crippen molar-refractivity contribution in [2.45, 2.75) is 44.0 Å². The number of carboxylic acid groups (broad SMARTS) is 1. The Morgan fingerprint density at radius 2 is 1.96 bits per heavy atom. The van der Waals surface area contributed by atoms with Gasteiger partial charge >= 0.3 is 6.16 Å². The van der Waals surface area contributed by atoms with Gasteiger partial charge in [-0.1, -0.05) is 57.2 Å². The lowest BCUT2D eigenvalue weighted by molar-refractivity contribution is -0.169. The van der Waals surface area contributed by atoms with Gasteiger partial charge < -0.3 is 9.94 Å². The second-order valence-electron chi connectivity index (χ2n) is 7.34. The molecule has 0 amide bonds. The minimum Gasteiger partial charge on any atom is -0.448 e. The summed E-state index contributed by atoms with van der Waals surface area (Å²) in [4.78, 5) is 17.3. The monoisotopic (exact) mass is 357 g/mol. The molecule has 0 aromatic heterocycles. The third-order valence-corrected chi connectivity index (χ3v) is 5.35. The molecule has 1 aliphatic rings. The van der Waals surface area contributed by atoms with Crippen molar-refractivity contribution in [1.82, 2.24) is 5.06 Å². The predicted octanol–water partition coefficient (Wildman–Crippen LogP) is 5.49. The number of rotatable bonds is 4. The maximum absolute atomic E-state index is 11.0. The lowest BCUT2D eigenvalue weighted by Gasteiger charge is -2.33. The van der Waals surface area contributed by atoms with E-state index in [0.717, 1.165) is 16.9 Å². The molecule has 0 saturated carbocycles. The average molecular weight is 357 g/mol. The molecule has 5 heteroatoms. The van der Waals surface area contributed by atoms with Gasteiger partial charge in [-0.05, 0) is 34.2 Å². The highest BCUT2D eigenvalue weighted by Gasteiger charge is 2.40. The molecule has 0 spiro atoms. The van der Waals surface area contributed by atoms with Gasteiger partial charge in [-0.15, -0.1) is 16.8 Å². The van der Waals surface area contributed by atoms with Crippen LogP contribution in [0.2, 0.25) is 0 Å². The van der Waals surface area contributed by atoms with Crippen molar-refractivity contribution in [3.63, 3.8) is 0 Å². The fourth-order valence-corrected chi connectivity index (χ4v) is 4.23. The van der Waals surface area contributed by atoms with E-state index in [4.69, 9.17) is 9.94 Å². The van der Waals surface area contributed by atoms with E-state index in [0.29, 0.717) is 6.54 Å². The van der Waals surface area contributed by atoms with Gasteiger partial charge in [0.2, 0.25) is 0 Å². The zero-order valence-electron chi connectivity index (χ0n) is 14.7. The summed E-state index contributed by atoms with van der Waals surface area (Å²) in [6.45, 7) is 6.79. The number of hydroxylamine groups is 2. The van der Waals surface area contributed by atoms with Crippen molar-refractivity contribution in [1.29, 1.82) is 0 Å². The van der Waals surface area contributed by atoms with Crippen LogP contribution in [0.3, 0.4) is 0 Å². The fraction of sp³-hybridized carbons (Fsp3) is 0.350. The summed E-state index contributed by atoms with van der Waals surface area (Å²) in [6.07, 6.45) is -1.26. The van der Waals surface area contributed by atoms with E-state index in [1.165, 1.54) is 10.5 Å². The number of fused-ring (bicyclic) bond motifs is 1. The molecule has 1 aliphatic heterocycles. The van der Waals surface area contributed by atoms with Crippen LogP contribution in [0.1, 0.15) is 43.5 Å². The lowest BCUT2D eigenvalue weighted by Crippen LogP contribution is -2.33. The summed E-state index contributed by atoms with van der Waals surface area (Å²) in [7, 11) is 0. The minimum absolute atomic E-state index is 0.0771. The maximum atomic E-state index is 11.0. The van der Waals surface area contributed by atoms with Crippen LogP contribution in [-0.4, -0.2) is 16.3 Å². The van der Waals surface area contributed by atoms with Gasteiger partial charge in [-0.2, -0.15) is 0 Å². The first-order chi connectivity index (χ1) is 11.8. The molecule has 0 radical (unpaired) electrons. The first-order valence-corrected chi connectivity index (χ1v) is 9.30. The second-order valence-corrected chi connectivity index (χ2v) is 8.38. The molecule has 2 aromatic carbocycles. The number of nitrogens with zero attached hydrogens (tertiary/aromatic N) is 1. The number of thioether (sulfide) groups is 1. The Morgan fingerprint density at radius 3 is 2.60 bits per heavy atom. The van der Waals surface area contributed by atoms with E-state index in [1.54, 1.807) is 16.8 Å². The van der Waals surface area contributed by atoms with Gasteiger partial charge in [0.15, 0.2) is 0 Å². The van der Waals surface area contributed by atoms with Crippen molar-refractivity contribution in [3.8, 4) is 0 Å². The van der Waals surface area contributed by atoms with Crippen LogP contribution in [0.15, 0.2) is 53.4 Å². The molecule has 4 nitrogen and oxygen atoms in total. The molecule has 1 atom stereocenters. The van der Waals surface area contributed by atoms with E-state index >= 15 is 0 Å². The van der Waals surface area contributed by atoms with Crippen LogP contribution < -0.4 is 0 Å². The van der Waals surface area contributed by atoms with Gasteiger partial charge in [-0.3, -0.25) is 0 Å². The molecule has 0 saturated heterocycles. The highest BCUT2D eigenvalue weighted by atomic mass is 32.2. The summed E-state index contributed by atoms with van der Waals surface area (Å²) in [6, 6.07) is 16.7. The highest BCUT2D eigenvalue weighted by molar-refractivity contribution is 7.98. The minimum atomic E-state index is -1.26. The van der Waals surface area contributed by atoms with Crippen molar-refractivity contribution in [2.75, 3.05) is 0 Å². The summed E-state index contributed by atoms with van der Waals surface area (Å²) in [5.41, 5.74) is 3.45. The molecule has 132 valence electrons. The Morgan fingerprint density at radius 1 is 1.24 bits per heavy atom. The molecular formula is C20H23NO3S. The summed E-state index contributed by atoms with van der Waals surface area (Å²) >= 11 is 1.79. The van der Waals surface area contributed by atoms with Crippen molar-refractivity contribution in [2.24, 2.45) is 5.41 Å².